The summed E-state index contributed by atoms with van der Waals surface area (Å²) in [6, 6.07) is 3.52. The average Bonchev–Trinajstić information content (AvgIpc) is 2.79. The Morgan fingerprint density at radius 1 is 1.35 bits per heavy atom. The number of alkyl halides is 1. The highest BCUT2D eigenvalue weighted by Gasteiger charge is 2.10. The van der Waals surface area contributed by atoms with Crippen LogP contribution in [0, 0.1) is 0 Å². The summed E-state index contributed by atoms with van der Waals surface area (Å²) in [5, 5.41) is 1.77. The minimum absolute atomic E-state index is 0.464. The van der Waals surface area contributed by atoms with Crippen molar-refractivity contribution < 1.29 is 4.74 Å². The average molecular weight is 353 g/mol. The van der Waals surface area contributed by atoms with Crippen LogP contribution in [0.5, 0.6) is 5.75 Å². The highest BCUT2D eigenvalue weighted by molar-refractivity contribution is 9.08. The van der Waals surface area contributed by atoms with Crippen LogP contribution in [0.25, 0.3) is 0 Å². The Balaban J connectivity index is 2.19. The van der Waals surface area contributed by atoms with E-state index in [9.17, 15) is 0 Å². The quantitative estimate of drug-likeness (QED) is 0.728. The molecule has 90 valence electrons. The monoisotopic (exact) mass is 351 g/mol. The summed E-state index contributed by atoms with van der Waals surface area (Å²) in [5.74, 6) is 0.668. The van der Waals surface area contributed by atoms with E-state index < -0.39 is 0 Å². The van der Waals surface area contributed by atoms with Crippen molar-refractivity contribution in [2.45, 2.75) is 11.9 Å². The number of aromatic nitrogens is 1. The zero-order valence-corrected chi connectivity index (χ0v) is 12.5. The minimum atomic E-state index is 0.464. The van der Waals surface area contributed by atoms with Crippen LogP contribution in [0.1, 0.15) is 10.4 Å². The second kappa shape index (κ2) is 6.05. The molecule has 0 spiro atoms. The SMILES string of the molecule is Clc1cc(Cl)c(OCc2cncs2)c(CBr)c1. The zero-order chi connectivity index (χ0) is 12.3. The number of halogens is 3. The Kier molecular flexibility index (Phi) is 4.68. The highest BCUT2D eigenvalue weighted by atomic mass is 79.9. The van der Waals surface area contributed by atoms with E-state index in [-0.39, 0.29) is 0 Å². The van der Waals surface area contributed by atoms with Gasteiger partial charge in [0, 0.05) is 22.1 Å². The van der Waals surface area contributed by atoms with Gasteiger partial charge in [-0.15, -0.1) is 11.3 Å². The standard InChI is InChI=1S/C11H8BrCl2NOS/c12-3-7-1-8(13)2-10(14)11(7)16-5-9-4-15-6-17-9/h1-2,4,6H,3,5H2. The van der Waals surface area contributed by atoms with Crippen LogP contribution in [-0.4, -0.2) is 4.98 Å². The fourth-order valence-electron chi connectivity index (χ4n) is 1.33. The van der Waals surface area contributed by atoms with Crippen LogP contribution >= 0.6 is 50.5 Å². The van der Waals surface area contributed by atoms with Gasteiger partial charge >= 0.3 is 0 Å². The fraction of sp³-hybridized carbons (Fsp3) is 0.182. The molecule has 17 heavy (non-hydrogen) atoms. The van der Waals surface area contributed by atoms with Crippen molar-refractivity contribution in [1.29, 1.82) is 0 Å². The predicted octanol–water partition coefficient (Wildman–Crippen LogP) is 4.92. The Bertz CT molecular complexity index is 504. The molecule has 0 atom stereocenters. The van der Waals surface area contributed by atoms with Crippen molar-refractivity contribution in [2.24, 2.45) is 0 Å². The van der Waals surface area contributed by atoms with Crippen molar-refractivity contribution in [3.05, 3.63) is 44.3 Å². The smallest absolute Gasteiger partial charge is 0.142 e. The first-order chi connectivity index (χ1) is 8.20. The lowest BCUT2D eigenvalue weighted by molar-refractivity contribution is 0.307. The second-order valence-corrected chi connectivity index (χ2v) is 5.64. The van der Waals surface area contributed by atoms with Gasteiger partial charge in [-0.25, -0.2) is 0 Å². The maximum absolute atomic E-state index is 6.11. The lowest BCUT2D eigenvalue weighted by atomic mass is 10.2. The first-order valence-electron chi connectivity index (χ1n) is 4.74. The van der Waals surface area contributed by atoms with Crippen LogP contribution in [0.4, 0.5) is 0 Å². The maximum Gasteiger partial charge on any atom is 0.142 e. The van der Waals surface area contributed by atoms with Crippen LogP contribution in [0.2, 0.25) is 10.0 Å². The van der Waals surface area contributed by atoms with E-state index in [2.05, 4.69) is 20.9 Å². The number of benzene rings is 1. The summed E-state index contributed by atoms with van der Waals surface area (Å²) in [7, 11) is 0. The summed E-state index contributed by atoms with van der Waals surface area (Å²) >= 11 is 17.0. The van der Waals surface area contributed by atoms with Gasteiger partial charge in [-0.05, 0) is 12.1 Å². The van der Waals surface area contributed by atoms with Gasteiger partial charge in [0.1, 0.15) is 12.4 Å². The van der Waals surface area contributed by atoms with E-state index in [1.807, 2.05) is 6.07 Å². The number of rotatable bonds is 4. The van der Waals surface area contributed by atoms with Crippen LogP contribution in [-0.2, 0) is 11.9 Å². The topological polar surface area (TPSA) is 22.1 Å². The van der Waals surface area contributed by atoms with Crippen molar-refractivity contribution in [1.82, 2.24) is 4.98 Å². The van der Waals surface area contributed by atoms with E-state index in [0.29, 0.717) is 27.7 Å². The molecule has 0 aliphatic carbocycles. The maximum atomic E-state index is 6.11. The molecule has 0 fully saturated rings. The van der Waals surface area contributed by atoms with Crippen LogP contribution in [0.15, 0.2) is 23.8 Å². The number of nitrogens with zero attached hydrogens (tertiary/aromatic N) is 1. The molecule has 0 aliphatic heterocycles. The molecule has 0 aliphatic rings. The third kappa shape index (κ3) is 3.35. The van der Waals surface area contributed by atoms with Crippen molar-refractivity contribution in [2.75, 3.05) is 0 Å². The Labute approximate surface area is 122 Å². The van der Waals surface area contributed by atoms with Crippen molar-refractivity contribution in [3.8, 4) is 5.75 Å². The molecule has 0 bridgehead atoms. The van der Waals surface area contributed by atoms with Crippen molar-refractivity contribution >= 4 is 50.5 Å². The third-order valence-electron chi connectivity index (χ3n) is 2.07. The van der Waals surface area contributed by atoms with Gasteiger partial charge in [0.25, 0.3) is 0 Å². The molecule has 2 aromatic rings. The zero-order valence-electron chi connectivity index (χ0n) is 8.62. The Morgan fingerprint density at radius 2 is 2.18 bits per heavy atom. The molecule has 0 radical (unpaired) electrons. The third-order valence-corrected chi connectivity index (χ3v) is 3.93. The number of thiazole rings is 1. The minimum Gasteiger partial charge on any atom is -0.486 e. The van der Waals surface area contributed by atoms with Gasteiger partial charge in [0.05, 0.1) is 15.4 Å². The molecule has 2 rings (SSSR count). The Morgan fingerprint density at radius 3 is 2.82 bits per heavy atom. The second-order valence-electron chi connectivity index (χ2n) is 3.27. The highest BCUT2D eigenvalue weighted by Crippen LogP contribution is 2.34. The van der Waals surface area contributed by atoms with Crippen molar-refractivity contribution in [3.63, 3.8) is 0 Å². The normalized spacial score (nSPS) is 10.5. The first-order valence-corrected chi connectivity index (χ1v) is 7.50. The van der Waals surface area contributed by atoms with E-state index in [4.69, 9.17) is 27.9 Å². The molecule has 2 nitrogen and oxygen atoms in total. The van der Waals surface area contributed by atoms with E-state index in [1.165, 1.54) is 0 Å². The molecule has 0 amide bonds. The lowest BCUT2D eigenvalue weighted by Gasteiger charge is -2.11. The molecule has 0 saturated carbocycles. The molecule has 0 saturated heterocycles. The Hall–Kier alpha value is -0.290. The van der Waals surface area contributed by atoms with Gasteiger partial charge in [-0.3, -0.25) is 4.98 Å². The largest absolute Gasteiger partial charge is 0.486 e. The predicted molar refractivity (Wildman–Crippen MR) is 75.5 cm³/mol. The van der Waals surface area contributed by atoms with E-state index in [0.717, 1.165) is 10.4 Å². The van der Waals surface area contributed by atoms with Gasteiger partial charge in [0.2, 0.25) is 0 Å². The van der Waals surface area contributed by atoms with Crippen LogP contribution in [0.3, 0.4) is 0 Å². The molecule has 6 heteroatoms. The molecule has 1 aromatic carbocycles. The molecule has 1 heterocycles. The van der Waals surface area contributed by atoms with Gasteiger partial charge in [0.15, 0.2) is 0 Å². The number of hydrogen-bond donors (Lipinski definition) is 0. The van der Waals surface area contributed by atoms with Crippen LogP contribution < -0.4 is 4.74 Å². The molecule has 0 N–H and O–H groups in total. The summed E-state index contributed by atoms with van der Waals surface area (Å²) in [6.07, 6.45) is 1.78. The molecule has 0 unspecified atom stereocenters. The molecule has 1 aromatic heterocycles. The summed E-state index contributed by atoms with van der Waals surface area (Å²) in [4.78, 5) is 5.04. The van der Waals surface area contributed by atoms with Gasteiger partial charge in [-0.2, -0.15) is 0 Å². The summed E-state index contributed by atoms with van der Waals surface area (Å²) in [6.45, 7) is 0.464. The first kappa shape index (κ1) is 13.1. The van der Waals surface area contributed by atoms with E-state index in [1.54, 1.807) is 29.1 Å². The molecular weight excluding hydrogens is 345 g/mol. The van der Waals surface area contributed by atoms with Gasteiger partial charge in [-0.1, -0.05) is 39.1 Å². The molecular formula is C11H8BrCl2NOS. The van der Waals surface area contributed by atoms with E-state index >= 15 is 0 Å². The number of ether oxygens (including phenoxy) is 1. The van der Waals surface area contributed by atoms with Gasteiger partial charge < -0.3 is 4.74 Å². The lowest BCUT2D eigenvalue weighted by Crippen LogP contribution is -1.97. The number of hydrogen-bond acceptors (Lipinski definition) is 3. The summed E-state index contributed by atoms with van der Waals surface area (Å²) in [5.41, 5.74) is 2.71. The summed E-state index contributed by atoms with van der Waals surface area (Å²) < 4.78 is 5.71. The fourth-order valence-corrected chi connectivity index (χ4v) is 2.84.